The molecule has 1 saturated heterocycles. The molecule has 1 amide bonds. The summed E-state index contributed by atoms with van der Waals surface area (Å²) < 4.78 is 5.94. The van der Waals surface area contributed by atoms with Gasteiger partial charge in [-0.05, 0) is 56.8 Å². The van der Waals surface area contributed by atoms with Crippen molar-refractivity contribution in [2.75, 3.05) is 13.1 Å². The lowest BCUT2D eigenvalue weighted by molar-refractivity contribution is -0.122. The fourth-order valence-corrected chi connectivity index (χ4v) is 3.51. The van der Waals surface area contributed by atoms with Crippen LogP contribution in [0.15, 0.2) is 40.4 Å². The van der Waals surface area contributed by atoms with Crippen LogP contribution in [-0.4, -0.2) is 33.9 Å². The monoisotopic (exact) mass is 374 g/mol. The first-order valence-corrected chi connectivity index (χ1v) is 8.96. The van der Waals surface area contributed by atoms with Crippen LogP contribution in [0.5, 0.6) is 0 Å². The van der Waals surface area contributed by atoms with Crippen molar-refractivity contribution in [1.29, 1.82) is 0 Å². The molecular weight excluding hydrogens is 356 g/mol. The summed E-state index contributed by atoms with van der Waals surface area (Å²) in [7, 11) is 0. The summed E-state index contributed by atoms with van der Waals surface area (Å²) in [6.07, 6.45) is 1.75. The summed E-state index contributed by atoms with van der Waals surface area (Å²) in [5, 5.41) is 1.24. The molecule has 130 valence electrons. The molecule has 0 atom stereocenters. The second kappa shape index (κ2) is 7.02. The lowest BCUT2D eigenvalue weighted by Gasteiger charge is -2.16. The molecule has 1 fully saturated rings. The van der Waals surface area contributed by atoms with Crippen LogP contribution in [0.2, 0.25) is 5.02 Å². The van der Waals surface area contributed by atoms with Crippen LogP contribution in [-0.2, 0) is 4.79 Å². The van der Waals surface area contributed by atoms with Gasteiger partial charge in [0.15, 0.2) is 5.11 Å². The summed E-state index contributed by atoms with van der Waals surface area (Å²) in [4.78, 5) is 16.0. The number of halogens is 1. The van der Waals surface area contributed by atoms with Gasteiger partial charge in [-0.1, -0.05) is 23.7 Å². The van der Waals surface area contributed by atoms with Gasteiger partial charge in [-0.25, -0.2) is 0 Å². The fraction of sp³-hybridized carbons (Fsp3) is 0.263. The van der Waals surface area contributed by atoms with Crippen LogP contribution < -0.4 is 0 Å². The number of benzene rings is 1. The third-order valence-electron chi connectivity index (χ3n) is 4.29. The van der Waals surface area contributed by atoms with Gasteiger partial charge in [-0.15, -0.1) is 0 Å². The SMILES string of the molecule is CCN1C(=O)C(=Cc2ccc(-c3cccc(Cl)c3C)o2)N(CC)C1=S. The Kier molecular flexibility index (Phi) is 4.97. The normalized spacial score (nSPS) is 16.4. The summed E-state index contributed by atoms with van der Waals surface area (Å²) >= 11 is 11.6. The Hall–Kier alpha value is -2.11. The van der Waals surface area contributed by atoms with Crippen molar-refractivity contribution < 1.29 is 9.21 Å². The van der Waals surface area contributed by atoms with Crippen LogP contribution in [0.1, 0.15) is 25.2 Å². The largest absolute Gasteiger partial charge is 0.457 e. The third-order valence-corrected chi connectivity index (χ3v) is 5.14. The van der Waals surface area contributed by atoms with E-state index in [-0.39, 0.29) is 5.91 Å². The Morgan fingerprint density at radius 2 is 1.88 bits per heavy atom. The Morgan fingerprint density at radius 3 is 2.56 bits per heavy atom. The van der Waals surface area contributed by atoms with Gasteiger partial charge in [0.05, 0.1) is 0 Å². The van der Waals surface area contributed by atoms with Gasteiger partial charge in [0.2, 0.25) is 0 Å². The molecule has 1 aliphatic rings. The van der Waals surface area contributed by atoms with Crippen LogP contribution in [0.25, 0.3) is 17.4 Å². The zero-order chi connectivity index (χ0) is 18.1. The maximum absolute atomic E-state index is 12.6. The van der Waals surface area contributed by atoms with E-state index in [0.717, 1.165) is 16.9 Å². The zero-order valence-corrected chi connectivity index (χ0v) is 15.9. The van der Waals surface area contributed by atoms with E-state index in [4.69, 9.17) is 28.2 Å². The summed E-state index contributed by atoms with van der Waals surface area (Å²) in [6, 6.07) is 9.44. The molecule has 2 heterocycles. The standard InChI is InChI=1S/C19H19ClN2O2S/c1-4-21-16(18(23)22(5-2)19(21)25)11-13-9-10-17(24-13)14-7-6-8-15(20)12(14)3/h6-11H,4-5H2,1-3H3. The van der Waals surface area contributed by atoms with Crippen LogP contribution >= 0.6 is 23.8 Å². The predicted octanol–water partition coefficient (Wildman–Crippen LogP) is 4.72. The van der Waals surface area contributed by atoms with Crippen molar-refractivity contribution in [2.45, 2.75) is 20.8 Å². The van der Waals surface area contributed by atoms with Crippen molar-refractivity contribution in [3.05, 3.63) is 52.4 Å². The van der Waals surface area contributed by atoms with E-state index in [9.17, 15) is 4.79 Å². The summed E-state index contributed by atoms with van der Waals surface area (Å²) in [5.74, 6) is 1.23. The molecule has 1 aromatic carbocycles. The van der Waals surface area contributed by atoms with Crippen molar-refractivity contribution in [1.82, 2.24) is 9.80 Å². The lowest BCUT2D eigenvalue weighted by atomic mass is 10.1. The van der Waals surface area contributed by atoms with Gasteiger partial charge in [0.25, 0.3) is 5.91 Å². The minimum atomic E-state index is -0.0914. The van der Waals surface area contributed by atoms with E-state index >= 15 is 0 Å². The van der Waals surface area contributed by atoms with Gasteiger partial charge >= 0.3 is 0 Å². The summed E-state index contributed by atoms with van der Waals surface area (Å²) in [6.45, 7) is 7.02. The molecule has 0 unspecified atom stereocenters. The van der Waals surface area contributed by atoms with Crippen LogP contribution in [0.3, 0.4) is 0 Å². The average molecular weight is 375 g/mol. The maximum atomic E-state index is 12.6. The van der Waals surface area contributed by atoms with Gasteiger partial charge in [-0.2, -0.15) is 0 Å². The molecule has 2 aromatic rings. The van der Waals surface area contributed by atoms with Gasteiger partial charge in [0.1, 0.15) is 17.2 Å². The number of carbonyl (C=O) groups is 1. The molecule has 3 rings (SSSR count). The van der Waals surface area contributed by atoms with E-state index < -0.39 is 0 Å². The van der Waals surface area contributed by atoms with Crippen molar-refractivity contribution in [3.63, 3.8) is 0 Å². The highest BCUT2D eigenvalue weighted by Gasteiger charge is 2.36. The summed E-state index contributed by atoms with van der Waals surface area (Å²) in [5.41, 5.74) is 2.44. The highest BCUT2D eigenvalue weighted by atomic mass is 35.5. The molecule has 0 radical (unpaired) electrons. The molecule has 1 aromatic heterocycles. The number of carbonyl (C=O) groups excluding carboxylic acids is 1. The minimum absolute atomic E-state index is 0.0914. The first-order valence-electron chi connectivity index (χ1n) is 8.18. The third kappa shape index (κ3) is 3.10. The zero-order valence-electron chi connectivity index (χ0n) is 14.4. The second-order valence-corrected chi connectivity index (χ2v) is 6.49. The first kappa shape index (κ1) is 17.7. The highest BCUT2D eigenvalue weighted by molar-refractivity contribution is 7.80. The molecule has 0 spiro atoms. The van der Waals surface area contributed by atoms with Crippen molar-refractivity contribution >= 4 is 40.9 Å². The molecule has 0 aliphatic carbocycles. The Labute approximate surface area is 157 Å². The number of likely N-dealkylation sites (N-methyl/N-ethyl adjacent to an activating group) is 2. The van der Waals surface area contributed by atoms with Gasteiger partial charge in [0, 0.05) is 29.8 Å². The minimum Gasteiger partial charge on any atom is -0.457 e. The molecule has 6 heteroatoms. The number of hydrogen-bond donors (Lipinski definition) is 0. The number of amides is 1. The molecule has 25 heavy (non-hydrogen) atoms. The van der Waals surface area contributed by atoms with E-state index in [1.165, 1.54) is 0 Å². The molecule has 1 aliphatic heterocycles. The first-order chi connectivity index (χ1) is 12.0. The number of rotatable bonds is 4. The average Bonchev–Trinajstić information content (AvgIpc) is 3.14. The van der Waals surface area contributed by atoms with Crippen molar-refractivity contribution in [3.8, 4) is 11.3 Å². The van der Waals surface area contributed by atoms with Crippen LogP contribution in [0, 0.1) is 6.92 Å². The second-order valence-electron chi connectivity index (χ2n) is 5.72. The highest BCUT2D eigenvalue weighted by Crippen LogP contribution is 2.31. The topological polar surface area (TPSA) is 36.7 Å². The molecule has 4 nitrogen and oxygen atoms in total. The smallest absolute Gasteiger partial charge is 0.276 e. The molecule has 0 N–H and O–H groups in total. The van der Waals surface area contributed by atoms with Crippen LogP contribution in [0.4, 0.5) is 0 Å². The Bertz CT molecular complexity index is 872. The predicted molar refractivity (Wildman–Crippen MR) is 104 cm³/mol. The quantitative estimate of drug-likeness (QED) is 0.573. The number of nitrogens with zero attached hydrogens (tertiary/aromatic N) is 2. The lowest BCUT2D eigenvalue weighted by Crippen LogP contribution is -2.32. The Morgan fingerprint density at radius 1 is 1.16 bits per heavy atom. The maximum Gasteiger partial charge on any atom is 0.276 e. The molecular formula is C19H19ClN2O2S. The number of thiocarbonyl (C=S) groups is 1. The van der Waals surface area contributed by atoms with E-state index in [1.54, 1.807) is 11.0 Å². The fourth-order valence-electron chi connectivity index (χ4n) is 2.90. The van der Waals surface area contributed by atoms with E-state index in [2.05, 4.69) is 0 Å². The molecule has 0 saturated carbocycles. The van der Waals surface area contributed by atoms with E-state index in [0.29, 0.717) is 34.7 Å². The number of furan rings is 1. The van der Waals surface area contributed by atoms with E-state index in [1.807, 2.05) is 56.0 Å². The van der Waals surface area contributed by atoms with Gasteiger partial charge < -0.3 is 9.32 Å². The number of hydrogen-bond acceptors (Lipinski definition) is 3. The molecule has 0 bridgehead atoms. The van der Waals surface area contributed by atoms with Gasteiger partial charge in [-0.3, -0.25) is 9.69 Å². The Balaban J connectivity index is 1.97. The van der Waals surface area contributed by atoms with Crippen molar-refractivity contribution in [2.24, 2.45) is 0 Å².